The largest absolute Gasteiger partial charge is 0.370 e. The molecular weight excluding hydrogens is 146 g/mol. The van der Waals surface area contributed by atoms with Gasteiger partial charge in [-0.05, 0) is 6.92 Å². The highest BCUT2D eigenvalue weighted by atomic mass is 16.5. The first kappa shape index (κ1) is 8.16. The van der Waals surface area contributed by atoms with Gasteiger partial charge in [0, 0.05) is 6.54 Å². The minimum absolute atomic E-state index is 0.345. The summed E-state index contributed by atoms with van der Waals surface area (Å²) in [6.07, 6.45) is 0. The number of hydrogen-bond donors (Lipinski definition) is 1. The van der Waals surface area contributed by atoms with Crippen molar-refractivity contribution in [3.8, 4) is 0 Å². The quantitative estimate of drug-likeness (QED) is 0.615. The van der Waals surface area contributed by atoms with Crippen LogP contribution in [0.3, 0.4) is 0 Å². The lowest BCUT2D eigenvalue weighted by atomic mass is 10.6. The average molecular weight is 157 g/mol. The van der Waals surface area contributed by atoms with Gasteiger partial charge in [0.25, 0.3) is 5.89 Å². The molecule has 1 aromatic rings. The van der Waals surface area contributed by atoms with E-state index in [0.29, 0.717) is 31.5 Å². The van der Waals surface area contributed by atoms with Gasteiger partial charge in [-0.3, -0.25) is 0 Å². The summed E-state index contributed by atoms with van der Waals surface area (Å²) in [5, 5.41) is 3.60. The Hall–Kier alpha value is -0.940. The van der Waals surface area contributed by atoms with Gasteiger partial charge in [0.15, 0.2) is 5.82 Å². The highest BCUT2D eigenvalue weighted by Gasteiger charge is 2.00. The van der Waals surface area contributed by atoms with E-state index in [-0.39, 0.29) is 0 Å². The number of aryl methyl sites for hydroxylation is 1. The Morgan fingerprint density at radius 1 is 1.64 bits per heavy atom. The lowest BCUT2D eigenvalue weighted by molar-refractivity contribution is 0.104. The van der Waals surface area contributed by atoms with Crippen LogP contribution in [-0.2, 0) is 11.3 Å². The van der Waals surface area contributed by atoms with Gasteiger partial charge in [0.1, 0.15) is 6.61 Å². The van der Waals surface area contributed by atoms with E-state index < -0.39 is 0 Å². The first-order chi connectivity index (χ1) is 5.33. The number of nitrogens with zero attached hydrogens (tertiary/aromatic N) is 2. The Morgan fingerprint density at radius 3 is 3.00 bits per heavy atom. The molecule has 5 heteroatoms. The third kappa shape index (κ3) is 2.65. The Kier molecular flexibility index (Phi) is 3.00. The predicted octanol–water partition coefficient (Wildman–Crippen LogP) is -0.147. The highest BCUT2D eigenvalue weighted by molar-refractivity contribution is 4.79. The van der Waals surface area contributed by atoms with Crippen molar-refractivity contribution in [2.75, 3.05) is 13.2 Å². The zero-order valence-corrected chi connectivity index (χ0v) is 6.41. The summed E-state index contributed by atoms with van der Waals surface area (Å²) in [4.78, 5) is 3.94. The maximum atomic E-state index is 5.21. The van der Waals surface area contributed by atoms with E-state index in [1.54, 1.807) is 6.92 Å². The average Bonchev–Trinajstić information content (AvgIpc) is 2.37. The van der Waals surface area contributed by atoms with Crippen molar-refractivity contribution in [1.29, 1.82) is 0 Å². The van der Waals surface area contributed by atoms with E-state index in [4.69, 9.17) is 15.0 Å². The Labute approximate surface area is 64.5 Å². The molecule has 0 saturated heterocycles. The molecular formula is C6H11N3O2. The molecule has 0 bridgehead atoms. The van der Waals surface area contributed by atoms with Crippen molar-refractivity contribution in [2.24, 2.45) is 5.73 Å². The van der Waals surface area contributed by atoms with Crippen LogP contribution in [0.1, 0.15) is 11.7 Å². The second-order valence-corrected chi connectivity index (χ2v) is 2.08. The van der Waals surface area contributed by atoms with E-state index in [1.165, 1.54) is 0 Å². The van der Waals surface area contributed by atoms with Crippen molar-refractivity contribution in [3.05, 3.63) is 11.7 Å². The van der Waals surface area contributed by atoms with E-state index in [1.807, 2.05) is 0 Å². The third-order valence-corrected chi connectivity index (χ3v) is 1.06. The van der Waals surface area contributed by atoms with Crippen LogP contribution < -0.4 is 5.73 Å². The van der Waals surface area contributed by atoms with E-state index in [0.717, 1.165) is 0 Å². The van der Waals surface area contributed by atoms with E-state index >= 15 is 0 Å². The van der Waals surface area contributed by atoms with Gasteiger partial charge in [0.05, 0.1) is 6.61 Å². The molecule has 0 aliphatic heterocycles. The van der Waals surface area contributed by atoms with Crippen LogP contribution in [0, 0.1) is 6.92 Å². The number of rotatable bonds is 4. The summed E-state index contributed by atoms with van der Waals surface area (Å²) >= 11 is 0. The number of ether oxygens (including phenoxy) is 1. The van der Waals surface area contributed by atoms with Crippen LogP contribution in [-0.4, -0.2) is 23.3 Å². The van der Waals surface area contributed by atoms with E-state index in [9.17, 15) is 0 Å². The van der Waals surface area contributed by atoms with Crippen molar-refractivity contribution in [3.63, 3.8) is 0 Å². The first-order valence-electron chi connectivity index (χ1n) is 3.40. The fourth-order valence-electron chi connectivity index (χ4n) is 0.641. The molecule has 0 aliphatic carbocycles. The molecule has 0 aliphatic rings. The van der Waals surface area contributed by atoms with Crippen LogP contribution in [0.5, 0.6) is 0 Å². The molecule has 1 heterocycles. The minimum atomic E-state index is 0.345. The molecule has 0 radical (unpaired) electrons. The second-order valence-electron chi connectivity index (χ2n) is 2.08. The Balaban J connectivity index is 2.27. The lowest BCUT2D eigenvalue weighted by Crippen LogP contribution is -2.08. The highest BCUT2D eigenvalue weighted by Crippen LogP contribution is 1.96. The molecule has 0 saturated carbocycles. The predicted molar refractivity (Wildman–Crippen MR) is 37.7 cm³/mol. The lowest BCUT2D eigenvalue weighted by Gasteiger charge is -1.95. The summed E-state index contributed by atoms with van der Waals surface area (Å²) in [6.45, 7) is 3.13. The molecule has 1 rings (SSSR count). The first-order valence-corrected chi connectivity index (χ1v) is 3.40. The van der Waals surface area contributed by atoms with Crippen LogP contribution in [0.15, 0.2) is 4.52 Å². The topological polar surface area (TPSA) is 74.2 Å². The van der Waals surface area contributed by atoms with Gasteiger partial charge >= 0.3 is 0 Å². The minimum Gasteiger partial charge on any atom is -0.370 e. The molecule has 0 spiro atoms. The molecule has 11 heavy (non-hydrogen) atoms. The van der Waals surface area contributed by atoms with E-state index in [2.05, 4.69) is 10.1 Å². The molecule has 0 aromatic carbocycles. The molecule has 62 valence electrons. The summed E-state index contributed by atoms with van der Waals surface area (Å²) in [5.74, 6) is 1.12. The van der Waals surface area contributed by atoms with Gasteiger partial charge in [-0.15, -0.1) is 0 Å². The Bertz CT molecular complexity index is 211. The normalized spacial score (nSPS) is 10.4. The van der Waals surface area contributed by atoms with Gasteiger partial charge in [-0.1, -0.05) is 5.16 Å². The SMILES string of the molecule is Cc1noc(COCCN)n1. The van der Waals surface area contributed by atoms with Crippen molar-refractivity contribution >= 4 is 0 Å². The van der Waals surface area contributed by atoms with Gasteiger partial charge in [-0.2, -0.15) is 4.98 Å². The molecule has 0 unspecified atom stereocenters. The van der Waals surface area contributed by atoms with Gasteiger partial charge in [0.2, 0.25) is 0 Å². The van der Waals surface area contributed by atoms with Crippen LogP contribution in [0.2, 0.25) is 0 Å². The molecule has 2 N–H and O–H groups in total. The molecule has 1 aromatic heterocycles. The monoisotopic (exact) mass is 157 g/mol. The van der Waals surface area contributed by atoms with Gasteiger partial charge < -0.3 is 15.0 Å². The van der Waals surface area contributed by atoms with Crippen LogP contribution in [0.4, 0.5) is 0 Å². The standard InChI is InChI=1S/C6H11N3O2/c1-5-8-6(11-9-5)4-10-3-2-7/h2-4,7H2,1H3. The van der Waals surface area contributed by atoms with Crippen LogP contribution in [0.25, 0.3) is 0 Å². The summed E-state index contributed by atoms with van der Waals surface area (Å²) in [7, 11) is 0. The fourth-order valence-corrected chi connectivity index (χ4v) is 0.641. The molecule has 0 atom stereocenters. The molecule has 0 amide bonds. The maximum Gasteiger partial charge on any atom is 0.252 e. The molecule has 5 nitrogen and oxygen atoms in total. The number of aromatic nitrogens is 2. The number of hydrogen-bond acceptors (Lipinski definition) is 5. The summed E-state index contributed by atoms with van der Waals surface area (Å²) in [5.41, 5.74) is 5.21. The smallest absolute Gasteiger partial charge is 0.252 e. The van der Waals surface area contributed by atoms with Gasteiger partial charge in [-0.25, -0.2) is 0 Å². The molecule has 0 fully saturated rings. The fraction of sp³-hybridized carbons (Fsp3) is 0.667. The third-order valence-electron chi connectivity index (χ3n) is 1.06. The maximum absolute atomic E-state index is 5.21. The zero-order valence-electron chi connectivity index (χ0n) is 6.41. The Morgan fingerprint density at radius 2 is 2.45 bits per heavy atom. The van der Waals surface area contributed by atoms with Crippen molar-refractivity contribution in [1.82, 2.24) is 10.1 Å². The zero-order chi connectivity index (χ0) is 8.10. The van der Waals surface area contributed by atoms with Crippen molar-refractivity contribution in [2.45, 2.75) is 13.5 Å². The summed E-state index contributed by atoms with van der Waals surface area (Å²) < 4.78 is 9.84. The summed E-state index contributed by atoms with van der Waals surface area (Å²) in [6, 6.07) is 0. The second kappa shape index (κ2) is 4.05. The number of nitrogens with two attached hydrogens (primary N) is 1. The van der Waals surface area contributed by atoms with Crippen molar-refractivity contribution < 1.29 is 9.26 Å². The van der Waals surface area contributed by atoms with Crippen LogP contribution >= 0.6 is 0 Å².